The van der Waals surface area contributed by atoms with Crippen molar-refractivity contribution in [3.05, 3.63) is 62.1 Å². The number of likely N-dealkylation sites (tertiary alicyclic amines) is 1. The molecule has 9 heteroatoms. The molecule has 162 valence electrons. The third-order valence-electron chi connectivity index (χ3n) is 5.80. The van der Waals surface area contributed by atoms with Gasteiger partial charge in [0, 0.05) is 40.5 Å². The Balaban J connectivity index is 1.61. The zero-order valence-corrected chi connectivity index (χ0v) is 19.4. The first-order valence-corrected chi connectivity index (χ1v) is 12.7. The molecule has 0 aromatic heterocycles. The highest BCUT2D eigenvalue weighted by molar-refractivity contribution is 7.90. The van der Waals surface area contributed by atoms with Crippen LogP contribution in [0.2, 0.25) is 15.1 Å². The highest BCUT2D eigenvalue weighted by atomic mass is 35.5. The number of benzene rings is 2. The minimum atomic E-state index is -3.33. The summed E-state index contributed by atoms with van der Waals surface area (Å²) in [4.78, 5) is 2.40. The molecule has 1 aliphatic heterocycles. The monoisotopic (exact) mass is 489 g/mol. The fraction of sp³-hybridized carbons (Fsp3) is 0.429. The molecule has 1 N–H and O–H groups in total. The largest absolute Gasteiger partial charge is 0.392 e. The molecule has 5 nitrogen and oxygen atoms in total. The first kappa shape index (κ1) is 22.3. The zero-order valence-electron chi connectivity index (χ0n) is 16.3. The average molecular weight is 491 g/mol. The van der Waals surface area contributed by atoms with Gasteiger partial charge >= 0.3 is 0 Å². The molecule has 2 aliphatic rings. The highest BCUT2D eigenvalue weighted by Crippen LogP contribution is 2.43. The van der Waals surface area contributed by atoms with Crippen LogP contribution >= 0.6 is 34.8 Å². The molecule has 2 aromatic carbocycles. The van der Waals surface area contributed by atoms with E-state index in [2.05, 4.69) is 4.90 Å². The van der Waals surface area contributed by atoms with Crippen molar-refractivity contribution >= 4 is 44.6 Å². The Morgan fingerprint density at radius 3 is 2.57 bits per heavy atom. The van der Waals surface area contributed by atoms with Crippen LogP contribution in [-0.2, 0) is 27.6 Å². The molecule has 1 saturated heterocycles. The summed E-state index contributed by atoms with van der Waals surface area (Å²) >= 11 is 19.0. The Hall–Kier alpha value is -0.860. The van der Waals surface area contributed by atoms with Gasteiger partial charge in [-0.1, -0.05) is 40.9 Å². The maximum absolute atomic E-state index is 11.7. The number of aliphatic hydroxyl groups is 1. The number of hydrogen-bond acceptors (Lipinski definition) is 5. The first-order valence-electron chi connectivity index (χ1n) is 9.63. The van der Waals surface area contributed by atoms with Gasteiger partial charge in [-0.2, -0.15) is 0 Å². The minimum absolute atomic E-state index is 0.0298. The Kier molecular flexibility index (Phi) is 6.39. The van der Waals surface area contributed by atoms with Gasteiger partial charge in [-0.05, 0) is 53.8 Å². The van der Waals surface area contributed by atoms with Crippen molar-refractivity contribution in [2.75, 3.05) is 19.3 Å². The van der Waals surface area contributed by atoms with Crippen molar-refractivity contribution in [2.24, 2.45) is 0 Å². The molecule has 30 heavy (non-hydrogen) atoms. The number of aliphatic hydroxyl groups excluding tert-OH is 1. The predicted octanol–water partition coefficient (Wildman–Crippen LogP) is 4.30. The van der Waals surface area contributed by atoms with Crippen LogP contribution in [-0.4, -0.2) is 49.9 Å². The quantitative estimate of drug-likeness (QED) is 0.677. The Morgan fingerprint density at radius 1 is 1.17 bits per heavy atom. The van der Waals surface area contributed by atoms with Gasteiger partial charge in [0.15, 0.2) is 9.84 Å². The van der Waals surface area contributed by atoms with E-state index in [-0.39, 0.29) is 29.8 Å². The Morgan fingerprint density at radius 2 is 1.93 bits per heavy atom. The standard InChI is InChI=1S/C21H22Cl3NO4S/c1-30(27,28)15-3-2-12(18(23)8-15)11-29-21-17-6-13(22)7-19(24)16(17)9-20(21)25-5-4-14(26)10-25/h2-3,6-8,14,20-21,26H,4-5,9-11H2,1H3/t14?,20-,21-/m0/s1. The normalized spacial score (nSPS) is 24.4. The first-order chi connectivity index (χ1) is 14.1. The summed E-state index contributed by atoms with van der Waals surface area (Å²) in [5.41, 5.74) is 2.66. The molecule has 0 spiro atoms. The van der Waals surface area contributed by atoms with E-state index in [0.29, 0.717) is 33.6 Å². The van der Waals surface area contributed by atoms with E-state index in [1.54, 1.807) is 12.1 Å². The van der Waals surface area contributed by atoms with E-state index in [9.17, 15) is 13.5 Å². The summed E-state index contributed by atoms with van der Waals surface area (Å²) in [6.45, 7) is 1.59. The minimum Gasteiger partial charge on any atom is -0.392 e. The van der Waals surface area contributed by atoms with Gasteiger partial charge in [0.1, 0.15) is 0 Å². The summed E-state index contributed by atoms with van der Waals surface area (Å²) in [7, 11) is -3.33. The van der Waals surface area contributed by atoms with Crippen LogP contribution in [0.3, 0.4) is 0 Å². The van der Waals surface area contributed by atoms with E-state index in [4.69, 9.17) is 39.5 Å². The van der Waals surface area contributed by atoms with E-state index < -0.39 is 9.84 Å². The summed E-state index contributed by atoms with van der Waals surface area (Å²) in [5.74, 6) is 0. The van der Waals surface area contributed by atoms with Gasteiger partial charge in [-0.25, -0.2) is 8.42 Å². The van der Waals surface area contributed by atoms with Crippen LogP contribution in [0.5, 0.6) is 0 Å². The van der Waals surface area contributed by atoms with E-state index in [1.807, 2.05) is 6.07 Å². The van der Waals surface area contributed by atoms with Gasteiger partial charge in [0.05, 0.1) is 23.7 Å². The molecule has 1 unspecified atom stereocenters. The highest BCUT2D eigenvalue weighted by Gasteiger charge is 2.40. The van der Waals surface area contributed by atoms with Gasteiger partial charge in [0.2, 0.25) is 0 Å². The number of sulfone groups is 1. The zero-order chi connectivity index (χ0) is 21.6. The fourth-order valence-electron chi connectivity index (χ4n) is 4.26. The van der Waals surface area contributed by atoms with Crippen molar-refractivity contribution in [1.29, 1.82) is 0 Å². The molecular formula is C21H22Cl3NO4S. The van der Waals surface area contributed by atoms with Crippen molar-refractivity contribution in [3.63, 3.8) is 0 Å². The lowest BCUT2D eigenvalue weighted by Gasteiger charge is -2.29. The predicted molar refractivity (Wildman–Crippen MR) is 118 cm³/mol. The summed E-state index contributed by atoms with van der Waals surface area (Å²) in [5, 5.41) is 11.5. The topological polar surface area (TPSA) is 66.8 Å². The second kappa shape index (κ2) is 8.58. The molecule has 3 atom stereocenters. The number of hydrogen-bond donors (Lipinski definition) is 1. The molecule has 2 aromatic rings. The van der Waals surface area contributed by atoms with Crippen molar-refractivity contribution in [3.8, 4) is 0 Å². The van der Waals surface area contributed by atoms with E-state index in [1.165, 1.54) is 12.1 Å². The lowest BCUT2D eigenvalue weighted by molar-refractivity contribution is -0.0135. The van der Waals surface area contributed by atoms with Crippen LogP contribution in [0.1, 0.15) is 29.2 Å². The summed E-state index contributed by atoms with van der Waals surface area (Å²) in [6, 6.07) is 8.30. The number of β-amino-alcohol motifs (C(OH)–C–C–N with tert-alkyl or cyclic N) is 1. The van der Waals surface area contributed by atoms with Gasteiger partial charge < -0.3 is 9.84 Å². The van der Waals surface area contributed by atoms with Crippen LogP contribution in [0.4, 0.5) is 0 Å². The van der Waals surface area contributed by atoms with Crippen LogP contribution in [0, 0.1) is 0 Å². The summed E-state index contributed by atoms with van der Waals surface area (Å²) in [6.07, 6.45) is 1.96. The van der Waals surface area contributed by atoms with E-state index >= 15 is 0 Å². The smallest absolute Gasteiger partial charge is 0.175 e. The Bertz CT molecular complexity index is 1080. The maximum Gasteiger partial charge on any atom is 0.175 e. The lowest BCUT2D eigenvalue weighted by atomic mass is 10.1. The van der Waals surface area contributed by atoms with Crippen molar-refractivity contribution in [1.82, 2.24) is 4.90 Å². The maximum atomic E-state index is 11.7. The van der Waals surface area contributed by atoms with Crippen LogP contribution in [0.25, 0.3) is 0 Å². The molecule has 0 bridgehead atoms. The number of nitrogens with zero attached hydrogens (tertiary/aromatic N) is 1. The van der Waals surface area contributed by atoms with Gasteiger partial charge in [0.25, 0.3) is 0 Å². The third-order valence-corrected chi connectivity index (χ3v) is 7.82. The molecule has 0 radical (unpaired) electrons. The second-order valence-corrected chi connectivity index (χ2v) is 11.2. The molecule has 1 aliphatic carbocycles. The number of rotatable bonds is 5. The van der Waals surface area contributed by atoms with Crippen LogP contribution < -0.4 is 0 Å². The van der Waals surface area contributed by atoms with E-state index in [0.717, 1.165) is 30.3 Å². The Labute approximate surface area is 191 Å². The third kappa shape index (κ3) is 4.51. The van der Waals surface area contributed by atoms with Crippen LogP contribution in [0.15, 0.2) is 35.2 Å². The molecule has 0 amide bonds. The van der Waals surface area contributed by atoms with Crippen molar-refractivity contribution in [2.45, 2.75) is 42.6 Å². The molecule has 4 rings (SSSR count). The number of fused-ring (bicyclic) bond motifs is 1. The van der Waals surface area contributed by atoms with Crippen molar-refractivity contribution < 1.29 is 18.3 Å². The fourth-order valence-corrected chi connectivity index (χ4v) is 5.80. The average Bonchev–Trinajstić information content (AvgIpc) is 3.23. The number of halogens is 3. The second-order valence-electron chi connectivity index (χ2n) is 7.92. The molecule has 0 saturated carbocycles. The SMILES string of the molecule is CS(=O)(=O)c1ccc(CO[C@H]2c3cc(Cl)cc(Cl)c3C[C@@H]2N2CCC(O)C2)c(Cl)c1. The lowest BCUT2D eigenvalue weighted by Crippen LogP contribution is -2.38. The molecular weight excluding hydrogens is 469 g/mol. The van der Waals surface area contributed by atoms with Gasteiger partial charge in [-0.3, -0.25) is 4.90 Å². The summed E-state index contributed by atoms with van der Waals surface area (Å²) < 4.78 is 29.8. The van der Waals surface area contributed by atoms with Gasteiger partial charge in [-0.15, -0.1) is 0 Å². The molecule has 1 fully saturated rings. The molecule has 1 heterocycles. The number of ether oxygens (including phenoxy) is 1.